The fraction of sp³-hybridized carbons (Fsp3) is 0.350. The molecule has 0 saturated heterocycles. The summed E-state index contributed by atoms with van der Waals surface area (Å²) in [5, 5.41) is 3.16. The lowest BCUT2D eigenvalue weighted by Gasteiger charge is -2.22. The van der Waals surface area contributed by atoms with Gasteiger partial charge in [0.2, 0.25) is 0 Å². The lowest BCUT2D eigenvalue weighted by molar-refractivity contribution is 0.202. The maximum atomic E-state index is 12.5. The van der Waals surface area contributed by atoms with E-state index in [9.17, 15) is 4.79 Å². The average Bonchev–Trinajstić information content (AvgIpc) is 2.98. The van der Waals surface area contributed by atoms with Crippen LogP contribution in [-0.4, -0.2) is 32.1 Å². The van der Waals surface area contributed by atoms with Crippen molar-refractivity contribution in [3.63, 3.8) is 0 Å². The number of carbonyl (C=O) groups is 1. The second-order valence-corrected chi connectivity index (χ2v) is 6.66. The first kappa shape index (κ1) is 16.4. The highest BCUT2D eigenvalue weighted by molar-refractivity contribution is 5.74. The molecule has 0 radical (unpaired) electrons. The Bertz CT molecular complexity index is 709. The van der Waals surface area contributed by atoms with Gasteiger partial charge in [-0.3, -0.25) is 0 Å². The first-order chi connectivity index (χ1) is 11.5. The van der Waals surface area contributed by atoms with Gasteiger partial charge in [0.1, 0.15) is 0 Å². The zero-order chi connectivity index (χ0) is 17.1. The predicted octanol–water partition coefficient (Wildman–Crippen LogP) is 3.58. The Labute approximate surface area is 144 Å². The van der Waals surface area contributed by atoms with Gasteiger partial charge in [0.15, 0.2) is 0 Å². The highest BCUT2D eigenvalue weighted by Crippen LogP contribution is 2.30. The van der Waals surface area contributed by atoms with E-state index in [1.807, 2.05) is 27.2 Å². The van der Waals surface area contributed by atoms with Gasteiger partial charge in [0.05, 0.1) is 6.04 Å². The molecule has 2 amide bonds. The van der Waals surface area contributed by atoms with Crippen molar-refractivity contribution in [1.82, 2.24) is 10.2 Å². The number of aryl methyl sites for hydroxylation is 1. The Kier molecular flexibility index (Phi) is 4.74. The first-order valence-electron chi connectivity index (χ1n) is 8.40. The molecule has 1 atom stereocenters. The molecule has 1 unspecified atom stereocenters. The summed E-state index contributed by atoms with van der Waals surface area (Å²) in [6.45, 7) is 0.605. The molecular weight excluding hydrogens is 298 g/mol. The van der Waals surface area contributed by atoms with Crippen LogP contribution in [0.5, 0.6) is 0 Å². The number of rotatable bonds is 4. The number of nitrogens with one attached hydrogen (secondary N) is 1. The van der Waals surface area contributed by atoms with E-state index in [0.29, 0.717) is 6.54 Å². The second kappa shape index (κ2) is 6.95. The summed E-state index contributed by atoms with van der Waals surface area (Å²) in [4.78, 5) is 16.3. The summed E-state index contributed by atoms with van der Waals surface area (Å²) in [6, 6.07) is 16.8. The van der Waals surface area contributed by atoms with Crippen molar-refractivity contribution >= 4 is 11.7 Å². The molecule has 0 saturated carbocycles. The van der Waals surface area contributed by atoms with Gasteiger partial charge in [0, 0.05) is 33.4 Å². The Morgan fingerprint density at radius 2 is 1.79 bits per heavy atom. The van der Waals surface area contributed by atoms with Crippen LogP contribution in [0, 0.1) is 0 Å². The van der Waals surface area contributed by atoms with Crippen LogP contribution in [-0.2, 0) is 13.0 Å². The van der Waals surface area contributed by atoms with Crippen LogP contribution < -0.4 is 10.2 Å². The molecule has 1 aliphatic carbocycles. The number of urea groups is 1. The zero-order valence-corrected chi connectivity index (χ0v) is 14.6. The van der Waals surface area contributed by atoms with Crippen molar-refractivity contribution in [2.75, 3.05) is 26.0 Å². The predicted molar refractivity (Wildman–Crippen MR) is 98.3 cm³/mol. The minimum absolute atomic E-state index is 0.0200. The van der Waals surface area contributed by atoms with Crippen molar-refractivity contribution < 1.29 is 4.79 Å². The number of benzene rings is 2. The van der Waals surface area contributed by atoms with Crippen LogP contribution in [0.3, 0.4) is 0 Å². The number of fused-ring (bicyclic) bond motifs is 1. The molecule has 3 rings (SSSR count). The molecule has 0 heterocycles. The standard InChI is InChI=1S/C20H25N3O/c1-22(2)17-11-8-15(9-12-17)14-23(3)20(24)21-19-13-10-16-6-4-5-7-18(16)19/h4-9,11-12,19H,10,13-14H2,1-3H3,(H,21,24). The molecule has 0 bridgehead atoms. The average molecular weight is 323 g/mol. The molecular formula is C20H25N3O. The molecule has 1 N–H and O–H groups in total. The Morgan fingerprint density at radius 3 is 2.50 bits per heavy atom. The number of hydrogen-bond donors (Lipinski definition) is 1. The monoisotopic (exact) mass is 323 g/mol. The quantitative estimate of drug-likeness (QED) is 0.933. The first-order valence-corrected chi connectivity index (χ1v) is 8.40. The second-order valence-electron chi connectivity index (χ2n) is 6.66. The van der Waals surface area contributed by atoms with Gasteiger partial charge in [-0.25, -0.2) is 4.79 Å². The topological polar surface area (TPSA) is 35.6 Å². The van der Waals surface area contributed by atoms with Gasteiger partial charge in [0.25, 0.3) is 0 Å². The highest BCUT2D eigenvalue weighted by atomic mass is 16.2. The van der Waals surface area contributed by atoms with Crippen molar-refractivity contribution in [2.45, 2.75) is 25.4 Å². The molecule has 126 valence electrons. The molecule has 4 nitrogen and oxygen atoms in total. The molecule has 24 heavy (non-hydrogen) atoms. The van der Waals surface area contributed by atoms with E-state index in [0.717, 1.165) is 24.1 Å². The SMILES string of the molecule is CN(Cc1ccc(N(C)C)cc1)C(=O)NC1CCc2ccccc21. The summed E-state index contributed by atoms with van der Waals surface area (Å²) in [5.41, 5.74) is 4.90. The third-order valence-corrected chi connectivity index (χ3v) is 4.65. The number of nitrogens with zero attached hydrogens (tertiary/aromatic N) is 2. The van der Waals surface area contributed by atoms with E-state index in [2.05, 4.69) is 52.7 Å². The van der Waals surface area contributed by atoms with Gasteiger partial charge in [-0.15, -0.1) is 0 Å². The van der Waals surface area contributed by atoms with E-state index >= 15 is 0 Å². The molecule has 0 fully saturated rings. The summed E-state index contributed by atoms with van der Waals surface area (Å²) in [5.74, 6) is 0. The fourth-order valence-corrected chi connectivity index (χ4v) is 3.21. The number of hydrogen-bond acceptors (Lipinski definition) is 2. The fourth-order valence-electron chi connectivity index (χ4n) is 3.21. The molecule has 1 aliphatic rings. The largest absolute Gasteiger partial charge is 0.378 e. The molecule has 0 spiro atoms. The van der Waals surface area contributed by atoms with Crippen molar-refractivity contribution in [3.05, 3.63) is 65.2 Å². The molecule has 2 aromatic carbocycles. The van der Waals surface area contributed by atoms with Crippen molar-refractivity contribution in [2.24, 2.45) is 0 Å². The van der Waals surface area contributed by atoms with E-state index in [4.69, 9.17) is 0 Å². The van der Waals surface area contributed by atoms with Gasteiger partial charge < -0.3 is 15.1 Å². The van der Waals surface area contributed by atoms with Crippen molar-refractivity contribution in [1.29, 1.82) is 0 Å². The summed E-state index contributed by atoms with van der Waals surface area (Å²) in [6.07, 6.45) is 2.02. The number of carbonyl (C=O) groups excluding carboxylic acids is 1. The van der Waals surface area contributed by atoms with Crippen LogP contribution in [0.15, 0.2) is 48.5 Å². The molecule has 0 aliphatic heterocycles. The summed E-state index contributed by atoms with van der Waals surface area (Å²) in [7, 11) is 5.89. The van der Waals surface area contributed by atoms with Gasteiger partial charge in [-0.05, 0) is 41.7 Å². The summed E-state index contributed by atoms with van der Waals surface area (Å²) >= 11 is 0. The molecule has 4 heteroatoms. The maximum Gasteiger partial charge on any atom is 0.317 e. The van der Waals surface area contributed by atoms with Crippen LogP contribution in [0.25, 0.3) is 0 Å². The van der Waals surface area contributed by atoms with Crippen LogP contribution in [0.2, 0.25) is 0 Å². The third-order valence-electron chi connectivity index (χ3n) is 4.65. The lowest BCUT2D eigenvalue weighted by Crippen LogP contribution is -2.38. The highest BCUT2D eigenvalue weighted by Gasteiger charge is 2.24. The lowest BCUT2D eigenvalue weighted by atomic mass is 10.1. The maximum absolute atomic E-state index is 12.5. The van der Waals surface area contributed by atoms with Crippen LogP contribution in [0.4, 0.5) is 10.5 Å². The third kappa shape index (κ3) is 3.53. The minimum Gasteiger partial charge on any atom is -0.378 e. The smallest absolute Gasteiger partial charge is 0.317 e. The van der Waals surface area contributed by atoms with Crippen LogP contribution in [0.1, 0.15) is 29.2 Å². The normalized spacial score (nSPS) is 15.7. The number of amides is 2. The van der Waals surface area contributed by atoms with Crippen molar-refractivity contribution in [3.8, 4) is 0 Å². The van der Waals surface area contributed by atoms with Gasteiger partial charge >= 0.3 is 6.03 Å². The molecule has 0 aromatic heterocycles. The number of anilines is 1. The van der Waals surface area contributed by atoms with E-state index in [1.165, 1.54) is 11.1 Å². The van der Waals surface area contributed by atoms with Gasteiger partial charge in [-0.2, -0.15) is 0 Å². The minimum atomic E-state index is -0.0200. The Morgan fingerprint density at radius 1 is 1.08 bits per heavy atom. The summed E-state index contributed by atoms with van der Waals surface area (Å²) < 4.78 is 0. The van der Waals surface area contributed by atoms with E-state index < -0.39 is 0 Å². The molecule has 2 aromatic rings. The van der Waals surface area contributed by atoms with Gasteiger partial charge in [-0.1, -0.05) is 36.4 Å². The van der Waals surface area contributed by atoms with E-state index in [-0.39, 0.29) is 12.1 Å². The van der Waals surface area contributed by atoms with Crippen LogP contribution >= 0.6 is 0 Å². The van der Waals surface area contributed by atoms with E-state index in [1.54, 1.807) is 4.90 Å². The zero-order valence-electron chi connectivity index (χ0n) is 14.6. The Balaban J connectivity index is 1.59. The Hall–Kier alpha value is -2.49.